The molecule has 0 unspecified atom stereocenters. The second kappa shape index (κ2) is 15.3. The van der Waals surface area contributed by atoms with Gasteiger partial charge >= 0.3 is 0 Å². The first-order valence-electron chi connectivity index (χ1n) is 19.2. The summed E-state index contributed by atoms with van der Waals surface area (Å²) in [6.45, 7) is 2.13. The lowest BCUT2D eigenvalue weighted by atomic mass is 9.74. The van der Waals surface area contributed by atoms with Gasteiger partial charge in [0.15, 0.2) is 0 Å². The fourth-order valence-corrected chi connectivity index (χ4v) is 7.96. The molecule has 0 saturated heterocycles. The first kappa shape index (κ1) is 34.5. The lowest BCUT2D eigenvalue weighted by Crippen LogP contribution is -2.02. The van der Waals surface area contributed by atoms with Crippen LogP contribution in [-0.2, 0) is 0 Å². The van der Waals surface area contributed by atoms with Crippen LogP contribution in [0.15, 0.2) is 218 Å². The standard InChI is InChI=1S/C55H40O/c1-38-22-24-39(25-23-38)40-26-30-47(31-27-40)54-50(43-14-6-2-7-15-43)52(45-18-10-4-11-19-45)55(48-32-28-41(29-33-48)42-34-36-49(56)37-35-42)53(46-20-12-5-13-21-46)51(54)44-16-8-3-9-17-44/h2-37,56H,1H3. The van der Waals surface area contributed by atoms with E-state index in [-0.39, 0.29) is 5.75 Å². The van der Waals surface area contributed by atoms with Crippen molar-refractivity contribution in [2.24, 2.45) is 0 Å². The summed E-state index contributed by atoms with van der Waals surface area (Å²) in [7, 11) is 0. The van der Waals surface area contributed by atoms with Gasteiger partial charge in [-0.3, -0.25) is 0 Å². The summed E-state index contributed by atoms with van der Waals surface area (Å²) in [5.74, 6) is 0.261. The Kier molecular flexibility index (Phi) is 9.41. The zero-order valence-corrected chi connectivity index (χ0v) is 31.2. The Labute approximate surface area is 329 Å². The molecule has 9 aromatic carbocycles. The van der Waals surface area contributed by atoms with E-state index in [1.54, 1.807) is 12.1 Å². The maximum absolute atomic E-state index is 9.99. The summed E-state index contributed by atoms with van der Waals surface area (Å²) in [4.78, 5) is 0. The van der Waals surface area contributed by atoms with Gasteiger partial charge in [-0.15, -0.1) is 0 Å². The molecule has 0 aliphatic carbocycles. The molecule has 0 saturated carbocycles. The Hall–Kier alpha value is -7.22. The zero-order chi connectivity index (χ0) is 37.8. The van der Waals surface area contributed by atoms with Crippen molar-refractivity contribution < 1.29 is 5.11 Å². The van der Waals surface area contributed by atoms with E-state index in [0.717, 1.165) is 44.5 Å². The Morgan fingerprint density at radius 1 is 0.214 bits per heavy atom. The van der Waals surface area contributed by atoms with E-state index in [9.17, 15) is 5.11 Å². The Bertz CT molecular complexity index is 2420. The van der Waals surface area contributed by atoms with Crippen LogP contribution < -0.4 is 0 Å². The summed E-state index contributed by atoms with van der Waals surface area (Å²) < 4.78 is 0. The van der Waals surface area contributed by atoms with Crippen LogP contribution in [0.1, 0.15) is 5.56 Å². The van der Waals surface area contributed by atoms with Crippen molar-refractivity contribution in [2.75, 3.05) is 0 Å². The van der Waals surface area contributed by atoms with Crippen LogP contribution in [0.5, 0.6) is 5.75 Å². The molecule has 0 aliphatic heterocycles. The maximum Gasteiger partial charge on any atom is 0.115 e. The predicted molar refractivity (Wildman–Crippen MR) is 236 cm³/mol. The summed E-state index contributed by atoms with van der Waals surface area (Å²) in [5, 5.41) is 9.99. The molecule has 0 radical (unpaired) electrons. The quantitative estimate of drug-likeness (QED) is 0.166. The third kappa shape index (κ3) is 6.72. The van der Waals surface area contributed by atoms with E-state index < -0.39 is 0 Å². The summed E-state index contributed by atoms with van der Waals surface area (Å²) >= 11 is 0. The number of phenols is 1. The first-order chi connectivity index (χ1) is 27.6. The van der Waals surface area contributed by atoms with Gasteiger partial charge in [-0.1, -0.05) is 212 Å². The summed E-state index contributed by atoms with van der Waals surface area (Å²) in [6.07, 6.45) is 0. The monoisotopic (exact) mass is 716 g/mol. The van der Waals surface area contributed by atoms with Gasteiger partial charge in [0.1, 0.15) is 5.75 Å². The second-order valence-corrected chi connectivity index (χ2v) is 14.3. The Morgan fingerprint density at radius 3 is 0.679 bits per heavy atom. The zero-order valence-electron chi connectivity index (χ0n) is 31.2. The highest BCUT2D eigenvalue weighted by atomic mass is 16.3. The van der Waals surface area contributed by atoms with Crippen molar-refractivity contribution in [3.8, 4) is 94.8 Å². The van der Waals surface area contributed by atoms with E-state index in [0.29, 0.717) is 0 Å². The third-order valence-corrected chi connectivity index (χ3v) is 10.7. The molecule has 0 aliphatic rings. The van der Waals surface area contributed by atoms with Gasteiger partial charge in [0.2, 0.25) is 0 Å². The Morgan fingerprint density at radius 2 is 0.411 bits per heavy atom. The van der Waals surface area contributed by atoms with E-state index in [1.165, 1.54) is 50.1 Å². The van der Waals surface area contributed by atoms with Crippen molar-refractivity contribution in [3.63, 3.8) is 0 Å². The molecule has 266 valence electrons. The fraction of sp³-hybridized carbons (Fsp3) is 0.0182. The van der Waals surface area contributed by atoms with Crippen molar-refractivity contribution in [3.05, 3.63) is 224 Å². The van der Waals surface area contributed by atoms with Crippen molar-refractivity contribution in [1.29, 1.82) is 0 Å². The van der Waals surface area contributed by atoms with Crippen molar-refractivity contribution in [1.82, 2.24) is 0 Å². The van der Waals surface area contributed by atoms with E-state index in [2.05, 4.69) is 201 Å². The lowest BCUT2D eigenvalue weighted by Gasteiger charge is -2.29. The highest BCUT2D eigenvalue weighted by Crippen LogP contribution is 2.56. The van der Waals surface area contributed by atoms with Crippen LogP contribution in [0.4, 0.5) is 0 Å². The van der Waals surface area contributed by atoms with Crippen LogP contribution in [0.25, 0.3) is 89.0 Å². The molecule has 0 bridgehead atoms. The van der Waals surface area contributed by atoms with Crippen LogP contribution in [0, 0.1) is 6.92 Å². The number of hydrogen-bond acceptors (Lipinski definition) is 1. The van der Waals surface area contributed by atoms with E-state index in [4.69, 9.17) is 0 Å². The van der Waals surface area contributed by atoms with Crippen LogP contribution in [-0.4, -0.2) is 5.11 Å². The van der Waals surface area contributed by atoms with Gasteiger partial charge in [0.25, 0.3) is 0 Å². The minimum absolute atomic E-state index is 0.261. The fourth-order valence-electron chi connectivity index (χ4n) is 7.96. The average Bonchev–Trinajstić information content (AvgIpc) is 3.27. The summed E-state index contributed by atoms with van der Waals surface area (Å²) in [6, 6.07) is 77.8. The summed E-state index contributed by atoms with van der Waals surface area (Å²) in [5.41, 5.74) is 19.8. The number of aryl methyl sites for hydroxylation is 1. The number of aromatic hydroxyl groups is 1. The molecule has 0 spiro atoms. The van der Waals surface area contributed by atoms with E-state index in [1.807, 2.05) is 12.1 Å². The van der Waals surface area contributed by atoms with Crippen molar-refractivity contribution >= 4 is 0 Å². The topological polar surface area (TPSA) is 20.2 Å². The minimum Gasteiger partial charge on any atom is -0.508 e. The molecule has 0 amide bonds. The van der Waals surface area contributed by atoms with Gasteiger partial charge in [0, 0.05) is 0 Å². The third-order valence-electron chi connectivity index (χ3n) is 10.7. The molecule has 56 heavy (non-hydrogen) atoms. The van der Waals surface area contributed by atoms with Gasteiger partial charge in [0.05, 0.1) is 0 Å². The molecule has 0 atom stereocenters. The van der Waals surface area contributed by atoms with E-state index >= 15 is 0 Å². The number of benzene rings is 9. The Balaban J connectivity index is 1.44. The molecule has 9 aromatic rings. The molecule has 1 heteroatoms. The molecule has 0 fully saturated rings. The highest BCUT2D eigenvalue weighted by Gasteiger charge is 2.29. The van der Waals surface area contributed by atoms with Gasteiger partial charge in [-0.05, 0) is 108 Å². The van der Waals surface area contributed by atoms with Gasteiger partial charge < -0.3 is 5.11 Å². The molecule has 1 N–H and O–H groups in total. The van der Waals surface area contributed by atoms with Crippen LogP contribution in [0.2, 0.25) is 0 Å². The van der Waals surface area contributed by atoms with Gasteiger partial charge in [-0.2, -0.15) is 0 Å². The lowest BCUT2D eigenvalue weighted by molar-refractivity contribution is 0.475. The first-order valence-corrected chi connectivity index (χ1v) is 19.2. The minimum atomic E-state index is 0.261. The SMILES string of the molecule is Cc1ccc(-c2ccc(-c3c(-c4ccccc4)c(-c4ccccc4)c(-c4ccc(-c5ccc(O)cc5)cc4)c(-c4ccccc4)c3-c3ccccc3)cc2)cc1. The molecule has 1 nitrogen and oxygen atoms in total. The smallest absolute Gasteiger partial charge is 0.115 e. The number of hydrogen-bond donors (Lipinski definition) is 1. The number of rotatable bonds is 8. The van der Waals surface area contributed by atoms with Crippen LogP contribution in [0.3, 0.4) is 0 Å². The van der Waals surface area contributed by atoms with Crippen molar-refractivity contribution in [2.45, 2.75) is 6.92 Å². The number of phenolic OH excluding ortho intramolecular Hbond substituents is 1. The molecule has 0 heterocycles. The molecular formula is C55H40O. The average molecular weight is 717 g/mol. The molecule has 0 aromatic heterocycles. The molecular weight excluding hydrogens is 677 g/mol. The van der Waals surface area contributed by atoms with Gasteiger partial charge in [-0.25, -0.2) is 0 Å². The highest BCUT2D eigenvalue weighted by molar-refractivity contribution is 6.15. The normalized spacial score (nSPS) is 11.0. The maximum atomic E-state index is 9.99. The largest absolute Gasteiger partial charge is 0.508 e. The molecule has 9 rings (SSSR count). The second-order valence-electron chi connectivity index (χ2n) is 14.3. The van der Waals surface area contributed by atoms with Crippen LogP contribution >= 0.6 is 0 Å². The predicted octanol–water partition coefficient (Wildman–Crippen LogP) is 15.0.